The summed E-state index contributed by atoms with van der Waals surface area (Å²) in [6, 6.07) is 6.96. The number of hydrogen-bond acceptors (Lipinski definition) is 2. The van der Waals surface area contributed by atoms with Gasteiger partial charge in [0.05, 0.1) is 0 Å². The van der Waals surface area contributed by atoms with Crippen molar-refractivity contribution in [2.75, 3.05) is 19.6 Å². The molecule has 2 nitrogen and oxygen atoms in total. The normalized spacial score (nSPS) is 15.6. The summed E-state index contributed by atoms with van der Waals surface area (Å²) < 4.78 is 13.3. The fourth-order valence-electron chi connectivity index (χ4n) is 2.14. The lowest BCUT2D eigenvalue weighted by molar-refractivity contribution is 0.355. The highest BCUT2D eigenvalue weighted by atomic mass is 35.5. The van der Waals surface area contributed by atoms with Gasteiger partial charge in [0.15, 0.2) is 0 Å². The number of benzene rings is 1. The Bertz CT molecular complexity index is 331. The van der Waals surface area contributed by atoms with Crippen LogP contribution in [-0.2, 0) is 6.54 Å². The van der Waals surface area contributed by atoms with Gasteiger partial charge in [0.25, 0.3) is 0 Å². The van der Waals surface area contributed by atoms with Gasteiger partial charge in [0.1, 0.15) is 5.82 Å². The van der Waals surface area contributed by atoms with Crippen LogP contribution in [-0.4, -0.2) is 19.6 Å². The molecule has 1 aliphatic heterocycles. The van der Waals surface area contributed by atoms with Crippen molar-refractivity contribution in [2.24, 2.45) is 5.92 Å². The van der Waals surface area contributed by atoms with Gasteiger partial charge in [0, 0.05) is 12.1 Å². The molecule has 0 atom stereocenters. The summed E-state index contributed by atoms with van der Waals surface area (Å²) in [5, 5.41) is 6.69. The molecule has 1 aromatic rings. The average Bonchev–Trinajstić information content (AvgIpc) is 2.33. The Morgan fingerprint density at radius 1 is 1.17 bits per heavy atom. The van der Waals surface area contributed by atoms with Gasteiger partial charge in [-0.2, -0.15) is 0 Å². The van der Waals surface area contributed by atoms with Gasteiger partial charge in [-0.25, -0.2) is 4.39 Å². The molecule has 0 saturated carbocycles. The van der Waals surface area contributed by atoms with Crippen LogP contribution >= 0.6 is 24.8 Å². The molecule has 5 heteroatoms. The molecular weight excluding hydrogens is 274 g/mol. The Morgan fingerprint density at radius 2 is 1.83 bits per heavy atom. The predicted molar refractivity (Wildman–Crippen MR) is 78.2 cm³/mol. The van der Waals surface area contributed by atoms with Crippen molar-refractivity contribution < 1.29 is 4.39 Å². The third kappa shape index (κ3) is 5.53. The molecule has 0 radical (unpaired) electrons. The molecular formula is C13H21Cl2FN2. The molecule has 0 unspecified atom stereocenters. The number of piperidine rings is 1. The number of hydrogen-bond donors (Lipinski definition) is 2. The molecule has 18 heavy (non-hydrogen) atoms. The van der Waals surface area contributed by atoms with E-state index in [-0.39, 0.29) is 30.6 Å². The number of rotatable bonds is 4. The fourth-order valence-corrected chi connectivity index (χ4v) is 2.14. The van der Waals surface area contributed by atoms with Crippen LogP contribution in [0, 0.1) is 11.7 Å². The average molecular weight is 295 g/mol. The third-order valence-corrected chi connectivity index (χ3v) is 3.17. The molecule has 0 aliphatic carbocycles. The van der Waals surface area contributed by atoms with Crippen molar-refractivity contribution >= 4 is 24.8 Å². The van der Waals surface area contributed by atoms with E-state index in [1.807, 2.05) is 12.1 Å². The summed E-state index contributed by atoms with van der Waals surface area (Å²) in [5.74, 6) is 0.633. The van der Waals surface area contributed by atoms with E-state index >= 15 is 0 Å². The summed E-state index contributed by atoms with van der Waals surface area (Å²) in [6.45, 7) is 3.87. The Morgan fingerprint density at radius 3 is 2.50 bits per heavy atom. The van der Waals surface area contributed by atoms with Gasteiger partial charge in [-0.3, -0.25) is 0 Å². The summed E-state index contributed by atoms with van der Waals surface area (Å²) in [5.41, 5.74) is 0.761. The van der Waals surface area contributed by atoms with Crippen LogP contribution in [0.25, 0.3) is 0 Å². The largest absolute Gasteiger partial charge is 0.317 e. The molecule has 1 heterocycles. The standard InChI is InChI=1S/C13H19FN2.2ClH/c14-13-4-2-1-3-12(13)10-16-9-11-5-7-15-8-6-11;;/h1-4,11,15-16H,5-10H2;2*1H. The van der Waals surface area contributed by atoms with Crippen molar-refractivity contribution in [1.82, 2.24) is 10.6 Å². The van der Waals surface area contributed by atoms with E-state index in [1.54, 1.807) is 6.07 Å². The third-order valence-electron chi connectivity index (χ3n) is 3.17. The Hall–Kier alpha value is -0.350. The van der Waals surface area contributed by atoms with E-state index in [2.05, 4.69) is 10.6 Å². The van der Waals surface area contributed by atoms with Gasteiger partial charge in [-0.1, -0.05) is 18.2 Å². The van der Waals surface area contributed by atoms with Crippen molar-refractivity contribution in [3.63, 3.8) is 0 Å². The minimum absolute atomic E-state index is 0. The molecule has 0 spiro atoms. The molecule has 0 amide bonds. The zero-order valence-electron chi connectivity index (χ0n) is 10.3. The van der Waals surface area contributed by atoms with E-state index < -0.39 is 0 Å². The van der Waals surface area contributed by atoms with Gasteiger partial charge >= 0.3 is 0 Å². The second-order valence-electron chi connectivity index (χ2n) is 4.42. The highest BCUT2D eigenvalue weighted by Crippen LogP contribution is 2.11. The summed E-state index contributed by atoms with van der Waals surface area (Å²) in [4.78, 5) is 0. The molecule has 0 bridgehead atoms. The van der Waals surface area contributed by atoms with Gasteiger partial charge in [-0.05, 0) is 44.5 Å². The highest BCUT2D eigenvalue weighted by molar-refractivity contribution is 5.85. The van der Waals surface area contributed by atoms with Crippen LogP contribution in [0.2, 0.25) is 0 Å². The van der Waals surface area contributed by atoms with E-state index in [9.17, 15) is 4.39 Å². The first kappa shape index (κ1) is 17.6. The molecule has 0 aromatic heterocycles. The molecule has 2 N–H and O–H groups in total. The zero-order chi connectivity index (χ0) is 11.2. The van der Waals surface area contributed by atoms with Crippen molar-refractivity contribution in [1.29, 1.82) is 0 Å². The summed E-state index contributed by atoms with van der Waals surface area (Å²) in [7, 11) is 0. The maximum atomic E-state index is 13.3. The van der Waals surface area contributed by atoms with Crippen LogP contribution in [0.1, 0.15) is 18.4 Å². The second kappa shape index (κ2) is 9.56. The van der Waals surface area contributed by atoms with Crippen LogP contribution in [0.5, 0.6) is 0 Å². The van der Waals surface area contributed by atoms with E-state index in [1.165, 1.54) is 18.9 Å². The van der Waals surface area contributed by atoms with Crippen molar-refractivity contribution in [3.8, 4) is 0 Å². The SMILES string of the molecule is Cl.Cl.Fc1ccccc1CNCC1CCNCC1. The Kier molecular flexibility index (Phi) is 9.38. The second-order valence-corrected chi connectivity index (χ2v) is 4.42. The minimum Gasteiger partial charge on any atom is -0.317 e. The first-order valence-electron chi connectivity index (χ1n) is 6.01. The topological polar surface area (TPSA) is 24.1 Å². The van der Waals surface area contributed by atoms with Crippen LogP contribution < -0.4 is 10.6 Å². The predicted octanol–water partition coefficient (Wildman–Crippen LogP) is 2.76. The molecule has 2 rings (SSSR count). The quantitative estimate of drug-likeness (QED) is 0.892. The lowest BCUT2D eigenvalue weighted by Gasteiger charge is -2.22. The smallest absolute Gasteiger partial charge is 0.127 e. The lowest BCUT2D eigenvalue weighted by atomic mass is 9.98. The molecule has 1 aliphatic rings. The first-order chi connectivity index (χ1) is 7.86. The first-order valence-corrected chi connectivity index (χ1v) is 6.01. The van der Waals surface area contributed by atoms with Gasteiger partial charge in [0.2, 0.25) is 0 Å². The maximum absolute atomic E-state index is 13.3. The number of nitrogens with one attached hydrogen (secondary N) is 2. The highest BCUT2D eigenvalue weighted by Gasteiger charge is 2.12. The van der Waals surface area contributed by atoms with Gasteiger partial charge in [-0.15, -0.1) is 24.8 Å². The van der Waals surface area contributed by atoms with Crippen molar-refractivity contribution in [2.45, 2.75) is 19.4 Å². The zero-order valence-corrected chi connectivity index (χ0v) is 12.0. The fraction of sp³-hybridized carbons (Fsp3) is 0.538. The van der Waals surface area contributed by atoms with E-state index in [0.717, 1.165) is 31.1 Å². The molecule has 104 valence electrons. The van der Waals surface area contributed by atoms with Crippen molar-refractivity contribution in [3.05, 3.63) is 35.6 Å². The van der Waals surface area contributed by atoms with Gasteiger partial charge < -0.3 is 10.6 Å². The Labute approximate surface area is 121 Å². The minimum atomic E-state index is -0.111. The lowest BCUT2D eigenvalue weighted by Crippen LogP contribution is -2.33. The van der Waals surface area contributed by atoms with Crippen LogP contribution in [0.15, 0.2) is 24.3 Å². The summed E-state index contributed by atoms with van der Waals surface area (Å²) >= 11 is 0. The van der Waals surface area contributed by atoms with Crippen LogP contribution in [0.4, 0.5) is 4.39 Å². The van der Waals surface area contributed by atoms with E-state index in [4.69, 9.17) is 0 Å². The summed E-state index contributed by atoms with van der Waals surface area (Å²) in [6.07, 6.45) is 2.45. The number of halogens is 3. The Balaban J connectivity index is 0.00000144. The van der Waals surface area contributed by atoms with Crippen LogP contribution in [0.3, 0.4) is 0 Å². The monoisotopic (exact) mass is 294 g/mol. The molecule has 1 saturated heterocycles. The maximum Gasteiger partial charge on any atom is 0.127 e. The molecule has 1 aromatic carbocycles. The molecule has 1 fully saturated rings. The van der Waals surface area contributed by atoms with E-state index in [0.29, 0.717) is 6.54 Å².